The molecule has 136 valence electrons. The van der Waals surface area contributed by atoms with Crippen LogP contribution in [0.15, 0.2) is 24.3 Å². The second-order valence-corrected chi connectivity index (χ2v) is 5.99. The van der Waals surface area contributed by atoms with Gasteiger partial charge >= 0.3 is 0 Å². The monoisotopic (exact) mass is 347 g/mol. The number of aryl methyl sites for hydroxylation is 1. The van der Waals surface area contributed by atoms with Gasteiger partial charge in [-0.3, -0.25) is 14.4 Å². The zero-order chi connectivity index (χ0) is 18.4. The SMILES string of the molecule is CNC(=O)[C@H]1CN(C(=O)CCc2ccccc2OC)CCN1C(C)=O. The Balaban J connectivity index is 2.00. The van der Waals surface area contributed by atoms with Crippen LogP contribution in [0.5, 0.6) is 5.75 Å². The number of nitrogens with one attached hydrogen (secondary N) is 1. The van der Waals surface area contributed by atoms with E-state index in [0.717, 1.165) is 11.3 Å². The van der Waals surface area contributed by atoms with Crippen molar-refractivity contribution in [3.63, 3.8) is 0 Å². The number of hydrogen-bond donors (Lipinski definition) is 1. The molecule has 0 bridgehead atoms. The predicted octanol–water partition coefficient (Wildman–Crippen LogP) is 0.433. The van der Waals surface area contributed by atoms with Crippen LogP contribution in [0.1, 0.15) is 18.9 Å². The molecule has 1 N–H and O–H groups in total. The summed E-state index contributed by atoms with van der Waals surface area (Å²) in [5.74, 6) is 0.329. The van der Waals surface area contributed by atoms with Gasteiger partial charge in [0, 0.05) is 33.5 Å². The first-order valence-electron chi connectivity index (χ1n) is 8.36. The molecule has 1 aromatic rings. The number of rotatable bonds is 5. The van der Waals surface area contributed by atoms with Crippen LogP contribution in [0.4, 0.5) is 0 Å². The number of likely N-dealkylation sites (N-methyl/N-ethyl adjacent to an activating group) is 1. The second-order valence-electron chi connectivity index (χ2n) is 5.99. The number of carbonyl (C=O) groups is 3. The molecule has 1 aliphatic heterocycles. The Kier molecular flexibility index (Phi) is 6.38. The number of ether oxygens (including phenoxy) is 1. The summed E-state index contributed by atoms with van der Waals surface area (Å²) >= 11 is 0. The number of carbonyl (C=O) groups excluding carboxylic acids is 3. The number of para-hydroxylation sites is 1. The summed E-state index contributed by atoms with van der Waals surface area (Å²) in [6.45, 7) is 2.48. The van der Waals surface area contributed by atoms with Gasteiger partial charge in [-0.1, -0.05) is 18.2 Å². The minimum atomic E-state index is -0.633. The minimum Gasteiger partial charge on any atom is -0.496 e. The van der Waals surface area contributed by atoms with Crippen LogP contribution in [-0.2, 0) is 20.8 Å². The summed E-state index contributed by atoms with van der Waals surface area (Å²) in [7, 11) is 3.14. The predicted molar refractivity (Wildman–Crippen MR) is 93.1 cm³/mol. The topological polar surface area (TPSA) is 79.0 Å². The first-order valence-corrected chi connectivity index (χ1v) is 8.36. The third kappa shape index (κ3) is 4.49. The van der Waals surface area contributed by atoms with Gasteiger partial charge in [-0.15, -0.1) is 0 Å². The van der Waals surface area contributed by atoms with E-state index in [4.69, 9.17) is 4.74 Å². The maximum Gasteiger partial charge on any atom is 0.244 e. The van der Waals surface area contributed by atoms with Crippen molar-refractivity contribution in [1.82, 2.24) is 15.1 Å². The van der Waals surface area contributed by atoms with E-state index in [0.29, 0.717) is 25.9 Å². The zero-order valence-corrected chi connectivity index (χ0v) is 14.9. The van der Waals surface area contributed by atoms with Crippen LogP contribution < -0.4 is 10.1 Å². The fourth-order valence-corrected chi connectivity index (χ4v) is 3.09. The Morgan fingerprint density at radius 3 is 2.60 bits per heavy atom. The molecule has 7 nitrogen and oxygen atoms in total. The summed E-state index contributed by atoms with van der Waals surface area (Å²) in [4.78, 5) is 39.5. The van der Waals surface area contributed by atoms with E-state index in [-0.39, 0.29) is 24.3 Å². The maximum atomic E-state index is 12.6. The summed E-state index contributed by atoms with van der Waals surface area (Å²) in [6.07, 6.45) is 0.904. The Morgan fingerprint density at radius 2 is 1.96 bits per heavy atom. The van der Waals surface area contributed by atoms with Crippen LogP contribution in [0, 0.1) is 0 Å². The molecule has 25 heavy (non-hydrogen) atoms. The summed E-state index contributed by atoms with van der Waals surface area (Å²) < 4.78 is 5.30. The lowest BCUT2D eigenvalue weighted by atomic mass is 10.1. The highest BCUT2D eigenvalue weighted by molar-refractivity contribution is 5.88. The quantitative estimate of drug-likeness (QED) is 0.838. The Bertz CT molecular complexity index is 647. The fourth-order valence-electron chi connectivity index (χ4n) is 3.09. The molecule has 0 unspecified atom stereocenters. The molecule has 1 fully saturated rings. The van der Waals surface area contributed by atoms with Crippen molar-refractivity contribution >= 4 is 17.7 Å². The molecule has 0 aromatic heterocycles. The summed E-state index contributed by atoms with van der Waals surface area (Å²) in [6, 6.07) is 6.97. The molecular weight excluding hydrogens is 322 g/mol. The fraction of sp³-hybridized carbons (Fsp3) is 0.500. The summed E-state index contributed by atoms with van der Waals surface area (Å²) in [5, 5.41) is 2.56. The normalized spacial score (nSPS) is 17.2. The van der Waals surface area contributed by atoms with E-state index < -0.39 is 6.04 Å². The Hall–Kier alpha value is -2.57. The molecule has 1 heterocycles. The van der Waals surface area contributed by atoms with Crippen molar-refractivity contribution in [3.8, 4) is 5.75 Å². The number of methoxy groups -OCH3 is 1. The van der Waals surface area contributed by atoms with Gasteiger partial charge in [0.25, 0.3) is 0 Å². The molecule has 1 saturated heterocycles. The van der Waals surface area contributed by atoms with Gasteiger partial charge in [0.2, 0.25) is 17.7 Å². The molecule has 2 rings (SSSR count). The highest BCUT2D eigenvalue weighted by Crippen LogP contribution is 2.20. The number of nitrogens with zero attached hydrogens (tertiary/aromatic N) is 2. The van der Waals surface area contributed by atoms with Crippen LogP contribution in [0.3, 0.4) is 0 Å². The van der Waals surface area contributed by atoms with Crippen molar-refractivity contribution < 1.29 is 19.1 Å². The number of hydrogen-bond acceptors (Lipinski definition) is 4. The highest BCUT2D eigenvalue weighted by Gasteiger charge is 2.34. The average Bonchev–Trinajstić information content (AvgIpc) is 2.64. The summed E-state index contributed by atoms with van der Waals surface area (Å²) in [5.41, 5.74) is 0.976. The molecule has 0 radical (unpaired) electrons. The van der Waals surface area contributed by atoms with E-state index in [9.17, 15) is 14.4 Å². The van der Waals surface area contributed by atoms with Crippen molar-refractivity contribution in [2.45, 2.75) is 25.8 Å². The molecule has 1 aromatic carbocycles. The van der Waals surface area contributed by atoms with Crippen molar-refractivity contribution in [2.75, 3.05) is 33.8 Å². The lowest BCUT2D eigenvalue weighted by molar-refractivity contribution is -0.147. The Morgan fingerprint density at radius 1 is 1.24 bits per heavy atom. The van der Waals surface area contributed by atoms with E-state index >= 15 is 0 Å². The van der Waals surface area contributed by atoms with Crippen LogP contribution in [0.2, 0.25) is 0 Å². The van der Waals surface area contributed by atoms with Crippen LogP contribution in [-0.4, -0.2) is 67.4 Å². The highest BCUT2D eigenvalue weighted by atomic mass is 16.5. The molecular formula is C18H25N3O4. The largest absolute Gasteiger partial charge is 0.496 e. The first kappa shape index (κ1) is 18.8. The second kappa shape index (κ2) is 8.50. The van der Waals surface area contributed by atoms with Gasteiger partial charge < -0.3 is 19.9 Å². The molecule has 1 atom stereocenters. The van der Waals surface area contributed by atoms with E-state index in [1.807, 2.05) is 24.3 Å². The van der Waals surface area contributed by atoms with E-state index in [2.05, 4.69) is 5.32 Å². The molecule has 7 heteroatoms. The lowest BCUT2D eigenvalue weighted by Gasteiger charge is -2.40. The average molecular weight is 347 g/mol. The number of piperazine rings is 1. The lowest BCUT2D eigenvalue weighted by Crippen LogP contribution is -2.60. The van der Waals surface area contributed by atoms with Crippen molar-refractivity contribution in [2.24, 2.45) is 0 Å². The minimum absolute atomic E-state index is 0.0250. The third-order valence-corrected chi connectivity index (χ3v) is 4.49. The maximum absolute atomic E-state index is 12.6. The standard InChI is InChI=1S/C18H25N3O4/c1-13(22)21-11-10-20(12-15(21)18(24)19-2)17(23)9-8-14-6-4-5-7-16(14)25-3/h4-7,15H,8-12H2,1-3H3,(H,19,24)/t15-/m1/s1. The smallest absolute Gasteiger partial charge is 0.244 e. The van der Waals surface area contributed by atoms with Crippen molar-refractivity contribution in [3.05, 3.63) is 29.8 Å². The van der Waals surface area contributed by atoms with Gasteiger partial charge in [0.1, 0.15) is 11.8 Å². The van der Waals surface area contributed by atoms with E-state index in [1.165, 1.54) is 18.9 Å². The zero-order valence-electron chi connectivity index (χ0n) is 14.9. The van der Waals surface area contributed by atoms with Gasteiger partial charge in [-0.25, -0.2) is 0 Å². The van der Waals surface area contributed by atoms with Crippen LogP contribution in [0.25, 0.3) is 0 Å². The number of amides is 3. The first-order chi connectivity index (χ1) is 12.0. The van der Waals surface area contributed by atoms with Gasteiger partial charge in [-0.05, 0) is 18.1 Å². The molecule has 0 spiro atoms. The van der Waals surface area contributed by atoms with E-state index in [1.54, 1.807) is 12.0 Å². The Labute approximate surface area is 147 Å². The van der Waals surface area contributed by atoms with Crippen molar-refractivity contribution in [1.29, 1.82) is 0 Å². The molecule has 0 saturated carbocycles. The third-order valence-electron chi connectivity index (χ3n) is 4.49. The van der Waals surface area contributed by atoms with Crippen LogP contribution >= 0.6 is 0 Å². The van der Waals surface area contributed by atoms with Gasteiger partial charge in [-0.2, -0.15) is 0 Å². The molecule has 3 amide bonds. The molecule has 0 aliphatic carbocycles. The number of benzene rings is 1. The van der Waals surface area contributed by atoms with Gasteiger partial charge in [0.15, 0.2) is 0 Å². The molecule has 1 aliphatic rings. The van der Waals surface area contributed by atoms with Gasteiger partial charge in [0.05, 0.1) is 13.7 Å².